The van der Waals surface area contributed by atoms with Crippen LogP contribution in [0.5, 0.6) is 0 Å². The molecule has 0 aliphatic rings. The number of aromatic nitrogens is 3. The van der Waals surface area contributed by atoms with Gasteiger partial charge in [0, 0.05) is 24.5 Å². The standard InChI is InChI=1S/C19H22N4O2/c1-13(18-14(2)22-25-15(18)3)19(24)20-11-9-16-5-7-17(8-6-16)23-12-4-10-21-23/h4-8,10,12-13H,9,11H2,1-3H3,(H,20,24). The Hall–Kier alpha value is -2.89. The van der Waals surface area contributed by atoms with Crippen LogP contribution in [0.4, 0.5) is 0 Å². The molecule has 25 heavy (non-hydrogen) atoms. The van der Waals surface area contributed by atoms with E-state index in [9.17, 15) is 4.79 Å². The van der Waals surface area contributed by atoms with Crippen molar-refractivity contribution in [3.05, 3.63) is 65.3 Å². The third-order valence-electron chi connectivity index (χ3n) is 4.33. The molecule has 1 aromatic carbocycles. The fourth-order valence-corrected chi connectivity index (χ4v) is 2.96. The molecular weight excluding hydrogens is 316 g/mol. The van der Waals surface area contributed by atoms with E-state index < -0.39 is 0 Å². The van der Waals surface area contributed by atoms with Gasteiger partial charge in [0.2, 0.25) is 5.91 Å². The van der Waals surface area contributed by atoms with Crippen LogP contribution >= 0.6 is 0 Å². The zero-order valence-corrected chi connectivity index (χ0v) is 14.7. The van der Waals surface area contributed by atoms with Gasteiger partial charge in [0.1, 0.15) is 5.76 Å². The van der Waals surface area contributed by atoms with Gasteiger partial charge >= 0.3 is 0 Å². The Bertz CT molecular complexity index is 815. The lowest BCUT2D eigenvalue weighted by atomic mass is 9.98. The number of hydrogen-bond acceptors (Lipinski definition) is 4. The maximum Gasteiger partial charge on any atom is 0.227 e. The van der Waals surface area contributed by atoms with Gasteiger partial charge in [0.15, 0.2) is 0 Å². The van der Waals surface area contributed by atoms with E-state index in [4.69, 9.17) is 4.52 Å². The highest BCUT2D eigenvalue weighted by molar-refractivity contribution is 5.83. The van der Waals surface area contributed by atoms with Crippen molar-refractivity contribution < 1.29 is 9.32 Å². The van der Waals surface area contributed by atoms with Gasteiger partial charge in [-0.2, -0.15) is 5.10 Å². The second kappa shape index (κ2) is 7.34. The van der Waals surface area contributed by atoms with Crippen LogP contribution < -0.4 is 5.32 Å². The zero-order valence-electron chi connectivity index (χ0n) is 14.7. The average molecular weight is 338 g/mol. The molecule has 1 amide bonds. The summed E-state index contributed by atoms with van der Waals surface area (Å²) in [5.41, 5.74) is 3.83. The summed E-state index contributed by atoms with van der Waals surface area (Å²) in [4.78, 5) is 12.4. The van der Waals surface area contributed by atoms with Gasteiger partial charge in [0.05, 0.1) is 17.3 Å². The summed E-state index contributed by atoms with van der Waals surface area (Å²) in [6.07, 6.45) is 4.44. The summed E-state index contributed by atoms with van der Waals surface area (Å²) in [5, 5.41) is 11.1. The fraction of sp³-hybridized carbons (Fsp3) is 0.316. The zero-order chi connectivity index (χ0) is 17.8. The number of aryl methyl sites for hydroxylation is 2. The number of nitrogens with one attached hydrogen (secondary N) is 1. The molecule has 0 saturated heterocycles. The van der Waals surface area contributed by atoms with Crippen LogP contribution in [0.1, 0.15) is 35.4 Å². The second-order valence-electron chi connectivity index (χ2n) is 6.12. The molecule has 6 nitrogen and oxygen atoms in total. The quantitative estimate of drug-likeness (QED) is 0.750. The van der Waals surface area contributed by atoms with E-state index in [0.717, 1.165) is 23.4 Å². The molecule has 2 aromatic heterocycles. The molecule has 2 heterocycles. The van der Waals surface area contributed by atoms with Crippen molar-refractivity contribution in [1.82, 2.24) is 20.3 Å². The van der Waals surface area contributed by atoms with E-state index in [1.54, 1.807) is 6.20 Å². The Morgan fingerprint density at radius 3 is 2.64 bits per heavy atom. The summed E-state index contributed by atoms with van der Waals surface area (Å²) in [7, 11) is 0. The Kier molecular flexibility index (Phi) is 4.97. The Morgan fingerprint density at radius 2 is 2.04 bits per heavy atom. The van der Waals surface area contributed by atoms with Crippen molar-refractivity contribution in [3.8, 4) is 5.69 Å². The number of carbonyl (C=O) groups is 1. The molecule has 0 radical (unpaired) electrons. The Balaban J connectivity index is 1.53. The molecule has 0 bridgehead atoms. The normalized spacial score (nSPS) is 12.1. The number of nitrogens with zero attached hydrogens (tertiary/aromatic N) is 3. The minimum atomic E-state index is -0.270. The minimum Gasteiger partial charge on any atom is -0.361 e. The van der Waals surface area contributed by atoms with Crippen molar-refractivity contribution in [2.24, 2.45) is 0 Å². The molecule has 0 aliphatic carbocycles. The van der Waals surface area contributed by atoms with Crippen molar-refractivity contribution >= 4 is 5.91 Å². The number of carbonyl (C=O) groups excluding carboxylic acids is 1. The van der Waals surface area contributed by atoms with Gasteiger partial charge in [-0.3, -0.25) is 4.79 Å². The molecule has 3 aromatic rings. The van der Waals surface area contributed by atoms with Crippen LogP contribution in [0.15, 0.2) is 47.2 Å². The highest BCUT2D eigenvalue weighted by Gasteiger charge is 2.22. The summed E-state index contributed by atoms with van der Waals surface area (Å²) < 4.78 is 6.96. The largest absolute Gasteiger partial charge is 0.361 e. The minimum absolute atomic E-state index is 0.0115. The number of hydrogen-bond donors (Lipinski definition) is 1. The maximum atomic E-state index is 12.4. The van der Waals surface area contributed by atoms with Gasteiger partial charge in [0.25, 0.3) is 0 Å². The Labute approximate surface area is 146 Å². The lowest BCUT2D eigenvalue weighted by Gasteiger charge is -2.12. The molecule has 130 valence electrons. The van der Waals surface area contributed by atoms with Crippen molar-refractivity contribution in [2.45, 2.75) is 33.1 Å². The van der Waals surface area contributed by atoms with Gasteiger partial charge in [-0.05, 0) is 51.0 Å². The van der Waals surface area contributed by atoms with Crippen LogP contribution in [-0.2, 0) is 11.2 Å². The topological polar surface area (TPSA) is 73.0 Å². The van der Waals surface area contributed by atoms with Crippen LogP contribution in [0.3, 0.4) is 0 Å². The van der Waals surface area contributed by atoms with Gasteiger partial charge in [-0.15, -0.1) is 0 Å². The summed E-state index contributed by atoms with van der Waals surface area (Å²) in [6.45, 7) is 6.16. The monoisotopic (exact) mass is 338 g/mol. The molecule has 0 fully saturated rings. The van der Waals surface area contributed by atoms with E-state index in [1.807, 2.05) is 49.8 Å². The van der Waals surface area contributed by atoms with Gasteiger partial charge < -0.3 is 9.84 Å². The highest BCUT2D eigenvalue weighted by Crippen LogP contribution is 2.23. The van der Waals surface area contributed by atoms with E-state index in [0.29, 0.717) is 12.3 Å². The third-order valence-corrected chi connectivity index (χ3v) is 4.33. The molecular formula is C19H22N4O2. The first-order valence-electron chi connectivity index (χ1n) is 8.35. The first-order valence-corrected chi connectivity index (χ1v) is 8.35. The van der Waals surface area contributed by atoms with E-state index in [1.165, 1.54) is 5.56 Å². The van der Waals surface area contributed by atoms with Crippen molar-refractivity contribution in [3.63, 3.8) is 0 Å². The number of amides is 1. The molecule has 1 atom stereocenters. The molecule has 1 unspecified atom stereocenters. The van der Waals surface area contributed by atoms with Crippen LogP contribution in [0, 0.1) is 13.8 Å². The number of rotatable bonds is 6. The SMILES string of the molecule is Cc1noc(C)c1C(C)C(=O)NCCc1ccc(-n2cccn2)cc1. The first-order chi connectivity index (χ1) is 12.1. The van der Waals surface area contributed by atoms with Crippen molar-refractivity contribution in [2.75, 3.05) is 6.54 Å². The Morgan fingerprint density at radius 1 is 1.28 bits per heavy atom. The van der Waals surface area contributed by atoms with Gasteiger partial charge in [-0.1, -0.05) is 17.3 Å². The fourth-order valence-electron chi connectivity index (χ4n) is 2.96. The van der Waals surface area contributed by atoms with E-state index >= 15 is 0 Å². The third kappa shape index (κ3) is 3.79. The lowest BCUT2D eigenvalue weighted by Crippen LogP contribution is -2.30. The molecule has 0 aliphatic heterocycles. The molecule has 3 rings (SSSR count). The summed E-state index contributed by atoms with van der Waals surface area (Å²) in [6, 6.07) is 10.1. The molecule has 0 spiro atoms. The predicted molar refractivity (Wildman–Crippen MR) is 94.7 cm³/mol. The first kappa shape index (κ1) is 17.0. The van der Waals surface area contributed by atoms with Crippen molar-refractivity contribution in [1.29, 1.82) is 0 Å². The van der Waals surface area contributed by atoms with E-state index in [-0.39, 0.29) is 11.8 Å². The second-order valence-corrected chi connectivity index (χ2v) is 6.12. The molecule has 6 heteroatoms. The van der Waals surface area contributed by atoms with Gasteiger partial charge in [-0.25, -0.2) is 4.68 Å². The smallest absolute Gasteiger partial charge is 0.227 e. The lowest BCUT2D eigenvalue weighted by molar-refractivity contribution is -0.122. The number of benzene rings is 1. The summed E-state index contributed by atoms with van der Waals surface area (Å²) >= 11 is 0. The van der Waals surface area contributed by atoms with Crippen LogP contribution in [-0.4, -0.2) is 27.4 Å². The average Bonchev–Trinajstić information content (AvgIpc) is 3.25. The summed E-state index contributed by atoms with van der Waals surface area (Å²) in [5.74, 6) is 0.422. The predicted octanol–water partition coefficient (Wildman–Crippen LogP) is 2.94. The highest BCUT2D eigenvalue weighted by atomic mass is 16.5. The molecule has 0 saturated carbocycles. The maximum absolute atomic E-state index is 12.4. The van der Waals surface area contributed by atoms with Crippen LogP contribution in [0.25, 0.3) is 5.69 Å². The van der Waals surface area contributed by atoms with E-state index in [2.05, 4.69) is 27.7 Å². The van der Waals surface area contributed by atoms with Crippen LogP contribution in [0.2, 0.25) is 0 Å². The molecule has 1 N–H and O–H groups in total.